The molecule has 0 radical (unpaired) electrons. The summed E-state index contributed by atoms with van der Waals surface area (Å²) in [6.45, 7) is 13.5. The molecule has 0 unspecified atom stereocenters. The Morgan fingerprint density at radius 1 is 1.00 bits per heavy atom. The molecule has 0 aliphatic carbocycles. The molecule has 1 fully saturated rings. The molecule has 0 saturated carbocycles. The van der Waals surface area contributed by atoms with Crippen LogP contribution in [0.15, 0.2) is 58.3 Å². The molecule has 1 aliphatic rings. The van der Waals surface area contributed by atoms with E-state index in [-0.39, 0.29) is 5.41 Å². The molecule has 0 bridgehead atoms. The van der Waals surface area contributed by atoms with Crippen molar-refractivity contribution < 1.29 is 0 Å². The highest BCUT2D eigenvalue weighted by Gasteiger charge is 2.24. The van der Waals surface area contributed by atoms with Gasteiger partial charge in [-0.1, -0.05) is 56.8 Å². The topological polar surface area (TPSA) is 15.3 Å². The van der Waals surface area contributed by atoms with Crippen LogP contribution in [0.2, 0.25) is 0 Å². The van der Waals surface area contributed by atoms with Crippen LogP contribution in [-0.2, 0) is 5.41 Å². The van der Waals surface area contributed by atoms with Crippen LogP contribution in [0.1, 0.15) is 40.2 Å². The second-order valence-corrected chi connectivity index (χ2v) is 9.27. The number of para-hydroxylation sites is 1. The molecule has 3 heteroatoms. The Kier molecular flexibility index (Phi) is 5.45. The summed E-state index contributed by atoms with van der Waals surface area (Å²) in [5.41, 5.74) is 2.94. The van der Waals surface area contributed by atoms with Crippen molar-refractivity contribution in [2.75, 3.05) is 18.0 Å². The molecule has 3 rings (SSSR count). The zero-order valence-corrected chi connectivity index (χ0v) is 16.9. The second-order valence-electron chi connectivity index (χ2n) is 8.15. The van der Waals surface area contributed by atoms with E-state index in [0.717, 1.165) is 13.1 Å². The van der Waals surface area contributed by atoms with Crippen molar-refractivity contribution in [3.05, 3.63) is 54.1 Å². The van der Waals surface area contributed by atoms with Crippen LogP contribution in [0, 0.1) is 0 Å². The molecule has 1 N–H and O–H groups in total. The van der Waals surface area contributed by atoms with Crippen molar-refractivity contribution >= 4 is 17.4 Å². The molecule has 25 heavy (non-hydrogen) atoms. The minimum Gasteiger partial charge on any atom is -0.365 e. The van der Waals surface area contributed by atoms with E-state index in [9.17, 15) is 0 Å². The van der Waals surface area contributed by atoms with Gasteiger partial charge in [0.2, 0.25) is 0 Å². The molecule has 2 aromatic carbocycles. The fourth-order valence-electron chi connectivity index (χ4n) is 3.29. The number of rotatable bonds is 3. The van der Waals surface area contributed by atoms with E-state index in [0.29, 0.717) is 12.1 Å². The van der Waals surface area contributed by atoms with Crippen LogP contribution >= 0.6 is 11.8 Å². The maximum absolute atomic E-state index is 3.57. The molecule has 2 nitrogen and oxygen atoms in total. The first-order valence-electron chi connectivity index (χ1n) is 9.22. The van der Waals surface area contributed by atoms with Crippen LogP contribution in [-0.4, -0.2) is 25.2 Å². The minimum atomic E-state index is 0.202. The van der Waals surface area contributed by atoms with Gasteiger partial charge in [-0.05, 0) is 49.1 Å². The van der Waals surface area contributed by atoms with E-state index in [1.165, 1.54) is 21.0 Å². The Morgan fingerprint density at radius 3 is 2.36 bits per heavy atom. The van der Waals surface area contributed by atoms with Gasteiger partial charge in [0.05, 0.1) is 5.69 Å². The maximum atomic E-state index is 3.57. The summed E-state index contributed by atoms with van der Waals surface area (Å²) >= 11 is 1.87. The molecular weight excluding hydrogens is 324 g/mol. The number of hydrogen-bond acceptors (Lipinski definition) is 3. The highest BCUT2D eigenvalue weighted by molar-refractivity contribution is 7.99. The Bertz CT molecular complexity index is 703. The summed E-state index contributed by atoms with van der Waals surface area (Å²) in [5.74, 6) is 0. The van der Waals surface area contributed by atoms with Crippen LogP contribution in [0.5, 0.6) is 0 Å². The number of piperazine rings is 1. The van der Waals surface area contributed by atoms with Crippen LogP contribution in [0.25, 0.3) is 0 Å². The summed E-state index contributed by atoms with van der Waals surface area (Å²) < 4.78 is 0. The van der Waals surface area contributed by atoms with E-state index in [4.69, 9.17) is 0 Å². The summed E-state index contributed by atoms with van der Waals surface area (Å²) in [6, 6.07) is 18.9. The third kappa shape index (κ3) is 4.39. The van der Waals surface area contributed by atoms with Gasteiger partial charge in [0.15, 0.2) is 0 Å². The highest BCUT2D eigenvalue weighted by Crippen LogP contribution is 2.37. The van der Waals surface area contributed by atoms with Gasteiger partial charge in [0, 0.05) is 35.0 Å². The molecule has 134 valence electrons. The summed E-state index contributed by atoms with van der Waals surface area (Å²) in [4.78, 5) is 5.19. The average Bonchev–Trinajstić information content (AvgIpc) is 2.57. The molecule has 1 saturated heterocycles. The lowest BCUT2D eigenvalue weighted by atomic mass is 9.87. The third-order valence-corrected chi connectivity index (χ3v) is 5.96. The van der Waals surface area contributed by atoms with Crippen molar-refractivity contribution in [1.29, 1.82) is 0 Å². The number of nitrogens with one attached hydrogen (secondary N) is 1. The van der Waals surface area contributed by atoms with Crippen LogP contribution in [0.4, 0.5) is 5.69 Å². The van der Waals surface area contributed by atoms with E-state index in [1.54, 1.807) is 0 Å². The Hall–Kier alpha value is -1.45. The summed E-state index contributed by atoms with van der Waals surface area (Å²) in [5, 5.41) is 3.57. The van der Waals surface area contributed by atoms with E-state index < -0.39 is 0 Å². The van der Waals surface area contributed by atoms with Crippen LogP contribution in [0.3, 0.4) is 0 Å². The molecule has 0 spiro atoms. The average molecular weight is 355 g/mol. The fraction of sp³-hybridized carbons (Fsp3) is 0.455. The fourth-order valence-corrected chi connectivity index (χ4v) is 4.25. The third-order valence-electron chi connectivity index (χ3n) is 4.89. The molecule has 0 amide bonds. The molecule has 1 heterocycles. The quantitative estimate of drug-likeness (QED) is 0.803. The molecule has 1 aliphatic heterocycles. The van der Waals surface area contributed by atoms with Gasteiger partial charge in [0.25, 0.3) is 0 Å². The van der Waals surface area contributed by atoms with Crippen molar-refractivity contribution in [1.82, 2.24) is 5.32 Å². The zero-order valence-electron chi connectivity index (χ0n) is 16.0. The van der Waals surface area contributed by atoms with Crippen molar-refractivity contribution in [2.24, 2.45) is 0 Å². The first kappa shape index (κ1) is 18.3. The monoisotopic (exact) mass is 354 g/mol. The lowest BCUT2D eigenvalue weighted by molar-refractivity contribution is 0.423. The van der Waals surface area contributed by atoms with Gasteiger partial charge >= 0.3 is 0 Å². The normalized spacial score (nSPS) is 21.4. The number of nitrogens with zero attached hydrogens (tertiary/aromatic N) is 1. The van der Waals surface area contributed by atoms with Crippen molar-refractivity contribution in [3.63, 3.8) is 0 Å². The SMILES string of the molecule is C[C@@H]1CN[C@@H](C)CN1c1ccccc1Sc1ccc(C(C)(C)C)cc1. The zero-order chi connectivity index (χ0) is 18.0. The maximum Gasteiger partial charge on any atom is 0.0511 e. The molecular formula is C22H30N2S. The van der Waals surface area contributed by atoms with Gasteiger partial charge in [0.1, 0.15) is 0 Å². The Balaban J connectivity index is 1.84. The molecule has 2 atom stereocenters. The van der Waals surface area contributed by atoms with E-state index in [1.807, 2.05) is 11.8 Å². The summed E-state index contributed by atoms with van der Waals surface area (Å²) in [6.07, 6.45) is 0. The van der Waals surface area contributed by atoms with Gasteiger partial charge in [-0.2, -0.15) is 0 Å². The van der Waals surface area contributed by atoms with Gasteiger partial charge < -0.3 is 10.2 Å². The lowest BCUT2D eigenvalue weighted by Gasteiger charge is -2.40. The predicted molar refractivity (Wildman–Crippen MR) is 110 cm³/mol. The number of hydrogen-bond donors (Lipinski definition) is 1. The molecule has 2 aromatic rings. The summed E-state index contributed by atoms with van der Waals surface area (Å²) in [7, 11) is 0. The van der Waals surface area contributed by atoms with Gasteiger partial charge in [-0.3, -0.25) is 0 Å². The van der Waals surface area contributed by atoms with Gasteiger partial charge in [-0.25, -0.2) is 0 Å². The lowest BCUT2D eigenvalue weighted by Crippen LogP contribution is -2.54. The van der Waals surface area contributed by atoms with Crippen LogP contribution < -0.4 is 10.2 Å². The Labute approximate surface area is 157 Å². The standard InChI is InChI=1S/C22H30N2S/c1-16-15-24(17(2)14-23-16)20-8-6-7-9-21(20)25-19-12-10-18(11-13-19)22(3,4)5/h6-13,16-17,23H,14-15H2,1-5H3/t16-,17+/m0/s1. The Morgan fingerprint density at radius 2 is 1.68 bits per heavy atom. The minimum absolute atomic E-state index is 0.202. The first-order chi connectivity index (χ1) is 11.8. The first-order valence-corrected chi connectivity index (χ1v) is 10.0. The largest absolute Gasteiger partial charge is 0.365 e. The predicted octanol–water partition coefficient (Wildman–Crippen LogP) is 5.32. The smallest absolute Gasteiger partial charge is 0.0511 e. The molecule has 0 aromatic heterocycles. The number of anilines is 1. The van der Waals surface area contributed by atoms with E-state index >= 15 is 0 Å². The highest BCUT2D eigenvalue weighted by atomic mass is 32.2. The number of benzene rings is 2. The van der Waals surface area contributed by atoms with E-state index in [2.05, 4.69) is 93.4 Å². The van der Waals surface area contributed by atoms with Gasteiger partial charge in [-0.15, -0.1) is 0 Å². The van der Waals surface area contributed by atoms with Crippen molar-refractivity contribution in [3.8, 4) is 0 Å². The second kappa shape index (κ2) is 7.43. The van der Waals surface area contributed by atoms with Crippen molar-refractivity contribution in [2.45, 2.75) is 61.9 Å².